The van der Waals surface area contributed by atoms with E-state index in [1.165, 1.54) is 0 Å². The molecule has 0 aliphatic heterocycles. The van der Waals surface area contributed by atoms with E-state index in [0.29, 0.717) is 11.6 Å². The lowest BCUT2D eigenvalue weighted by molar-refractivity contribution is -0.116. The van der Waals surface area contributed by atoms with Crippen LogP contribution in [0.1, 0.15) is 25.7 Å². The summed E-state index contributed by atoms with van der Waals surface area (Å²) in [7, 11) is 0. The van der Waals surface area contributed by atoms with Crippen molar-refractivity contribution in [2.45, 2.75) is 31.7 Å². The van der Waals surface area contributed by atoms with Gasteiger partial charge in [-0.05, 0) is 12.8 Å². The summed E-state index contributed by atoms with van der Waals surface area (Å²) in [5, 5.41) is 0. The molecule has 1 aliphatic carbocycles. The molecular formula is C11H19N7O. The number of anilines is 3. The number of hydrogen-bond acceptors (Lipinski definition) is 7. The summed E-state index contributed by atoms with van der Waals surface area (Å²) >= 11 is 0. The fourth-order valence-electron chi connectivity index (χ4n) is 2.45. The lowest BCUT2D eigenvalue weighted by Crippen LogP contribution is -2.41. The van der Waals surface area contributed by atoms with Gasteiger partial charge in [-0.3, -0.25) is 4.79 Å². The third-order valence-electron chi connectivity index (χ3n) is 3.26. The highest BCUT2D eigenvalue weighted by molar-refractivity contribution is 5.79. The Bertz CT molecular complexity index is 458. The summed E-state index contributed by atoms with van der Waals surface area (Å²) in [6.45, 7) is 0.116. The van der Waals surface area contributed by atoms with Crippen molar-refractivity contribution in [2.75, 3.05) is 22.6 Å². The number of hydrazine groups is 1. The minimum atomic E-state index is -0.397. The molecule has 1 saturated carbocycles. The first-order valence-corrected chi connectivity index (χ1v) is 6.26. The van der Waals surface area contributed by atoms with Crippen LogP contribution in [0.15, 0.2) is 6.07 Å². The first kappa shape index (κ1) is 13.3. The number of aromatic nitrogens is 2. The molecule has 7 N–H and O–H groups in total. The van der Waals surface area contributed by atoms with Crippen molar-refractivity contribution in [1.82, 2.24) is 9.97 Å². The van der Waals surface area contributed by atoms with Crippen LogP contribution in [0.4, 0.5) is 17.6 Å². The first-order valence-electron chi connectivity index (χ1n) is 6.26. The van der Waals surface area contributed by atoms with E-state index in [4.69, 9.17) is 17.3 Å². The molecule has 1 heterocycles. The Labute approximate surface area is 111 Å². The van der Waals surface area contributed by atoms with Gasteiger partial charge in [-0.1, -0.05) is 12.8 Å². The van der Waals surface area contributed by atoms with E-state index in [2.05, 4.69) is 15.4 Å². The Balaban J connectivity index is 2.30. The zero-order chi connectivity index (χ0) is 13.8. The van der Waals surface area contributed by atoms with E-state index in [1.54, 1.807) is 6.07 Å². The smallest absolute Gasteiger partial charge is 0.237 e. The second-order valence-corrected chi connectivity index (χ2v) is 4.65. The number of carbonyl (C=O) groups excluding carboxylic acids is 1. The Morgan fingerprint density at radius 3 is 2.68 bits per heavy atom. The van der Waals surface area contributed by atoms with Crippen LogP contribution in [0.2, 0.25) is 0 Å². The van der Waals surface area contributed by atoms with E-state index in [1.807, 2.05) is 4.90 Å². The van der Waals surface area contributed by atoms with E-state index in [-0.39, 0.29) is 18.5 Å². The zero-order valence-corrected chi connectivity index (χ0v) is 10.7. The number of carbonyl (C=O) groups is 1. The molecule has 0 aromatic carbocycles. The average molecular weight is 265 g/mol. The number of nitrogen functional groups attached to an aromatic ring is 2. The minimum Gasteiger partial charge on any atom is -0.368 e. The number of rotatable bonds is 5. The third-order valence-corrected chi connectivity index (χ3v) is 3.26. The quantitative estimate of drug-likeness (QED) is 0.419. The van der Waals surface area contributed by atoms with Gasteiger partial charge in [-0.15, -0.1) is 0 Å². The summed E-state index contributed by atoms with van der Waals surface area (Å²) in [4.78, 5) is 21.2. The maximum absolute atomic E-state index is 11.2. The molecule has 8 nitrogen and oxygen atoms in total. The molecule has 19 heavy (non-hydrogen) atoms. The molecule has 1 amide bonds. The molecule has 1 aliphatic rings. The van der Waals surface area contributed by atoms with Crippen LogP contribution >= 0.6 is 0 Å². The fourth-order valence-corrected chi connectivity index (χ4v) is 2.45. The molecule has 1 aromatic rings. The lowest BCUT2D eigenvalue weighted by atomic mass is 10.2. The summed E-state index contributed by atoms with van der Waals surface area (Å²) in [6.07, 6.45) is 4.32. The Hall–Kier alpha value is -2.09. The van der Waals surface area contributed by atoms with Crippen molar-refractivity contribution in [1.29, 1.82) is 0 Å². The summed E-state index contributed by atoms with van der Waals surface area (Å²) in [6, 6.07) is 1.92. The third kappa shape index (κ3) is 3.22. The molecule has 0 spiro atoms. The maximum Gasteiger partial charge on any atom is 0.237 e. The van der Waals surface area contributed by atoms with Crippen LogP contribution < -0.4 is 27.6 Å². The molecule has 0 unspecified atom stereocenters. The predicted octanol–water partition coefficient (Wildman–Crippen LogP) is -0.421. The normalized spacial score (nSPS) is 15.4. The molecule has 0 atom stereocenters. The van der Waals surface area contributed by atoms with E-state index in [9.17, 15) is 4.79 Å². The Morgan fingerprint density at radius 2 is 2.11 bits per heavy atom. The van der Waals surface area contributed by atoms with Crippen molar-refractivity contribution in [3.05, 3.63) is 6.07 Å². The van der Waals surface area contributed by atoms with Gasteiger partial charge >= 0.3 is 0 Å². The van der Waals surface area contributed by atoms with Crippen molar-refractivity contribution in [3.8, 4) is 0 Å². The number of nitrogens with zero attached hydrogens (tertiary/aromatic N) is 3. The number of nitrogens with one attached hydrogen (secondary N) is 1. The monoisotopic (exact) mass is 265 g/mol. The van der Waals surface area contributed by atoms with Crippen LogP contribution in [0.5, 0.6) is 0 Å². The highest BCUT2D eigenvalue weighted by Crippen LogP contribution is 2.28. The number of hydrogen-bond donors (Lipinski definition) is 4. The van der Waals surface area contributed by atoms with E-state index >= 15 is 0 Å². The highest BCUT2D eigenvalue weighted by Gasteiger charge is 2.25. The molecular weight excluding hydrogens is 246 g/mol. The van der Waals surface area contributed by atoms with Gasteiger partial charge in [0.15, 0.2) is 0 Å². The largest absolute Gasteiger partial charge is 0.368 e. The standard InChI is InChI=1S/C11H19N7O/c12-8(19)6-18(7-3-1-2-4-7)10-5-9(17-14)15-11(13)16-10/h5,7H,1-4,6,14H2,(H2,12,19)(H3,13,15,16,17). The number of primary amides is 1. The van der Waals surface area contributed by atoms with Gasteiger partial charge in [0.2, 0.25) is 11.9 Å². The Kier molecular flexibility index (Phi) is 4.00. The van der Waals surface area contributed by atoms with Crippen LogP contribution in [-0.2, 0) is 4.79 Å². The van der Waals surface area contributed by atoms with Crippen LogP contribution in [-0.4, -0.2) is 28.5 Å². The molecule has 0 radical (unpaired) electrons. The Morgan fingerprint density at radius 1 is 1.42 bits per heavy atom. The van der Waals surface area contributed by atoms with Crippen LogP contribution in [0, 0.1) is 0 Å². The zero-order valence-electron chi connectivity index (χ0n) is 10.7. The van der Waals surface area contributed by atoms with E-state index < -0.39 is 5.91 Å². The predicted molar refractivity (Wildman–Crippen MR) is 73.1 cm³/mol. The maximum atomic E-state index is 11.2. The van der Waals surface area contributed by atoms with Crippen LogP contribution in [0.25, 0.3) is 0 Å². The van der Waals surface area contributed by atoms with Gasteiger partial charge in [-0.25, -0.2) is 5.84 Å². The van der Waals surface area contributed by atoms with Gasteiger partial charge in [0.05, 0.1) is 6.54 Å². The summed E-state index contributed by atoms with van der Waals surface area (Å²) < 4.78 is 0. The molecule has 1 aromatic heterocycles. The molecule has 104 valence electrons. The SMILES string of the molecule is NNc1cc(N(CC(N)=O)C2CCCC2)nc(N)n1. The number of nitrogens with two attached hydrogens (primary N) is 3. The fraction of sp³-hybridized carbons (Fsp3) is 0.545. The lowest BCUT2D eigenvalue weighted by Gasteiger charge is -2.29. The van der Waals surface area contributed by atoms with Gasteiger partial charge in [0.1, 0.15) is 11.6 Å². The molecule has 2 rings (SSSR count). The van der Waals surface area contributed by atoms with E-state index in [0.717, 1.165) is 25.7 Å². The van der Waals surface area contributed by atoms with Crippen molar-refractivity contribution in [3.63, 3.8) is 0 Å². The average Bonchev–Trinajstić information content (AvgIpc) is 2.88. The van der Waals surface area contributed by atoms with Gasteiger partial charge < -0.3 is 21.8 Å². The molecule has 8 heteroatoms. The first-order chi connectivity index (χ1) is 9.10. The van der Waals surface area contributed by atoms with Crippen molar-refractivity contribution >= 4 is 23.5 Å². The minimum absolute atomic E-state index is 0.109. The molecule has 1 fully saturated rings. The highest BCUT2D eigenvalue weighted by atomic mass is 16.1. The van der Waals surface area contributed by atoms with Gasteiger partial charge in [0, 0.05) is 12.1 Å². The second-order valence-electron chi connectivity index (χ2n) is 4.65. The van der Waals surface area contributed by atoms with Gasteiger partial charge in [-0.2, -0.15) is 9.97 Å². The van der Waals surface area contributed by atoms with Gasteiger partial charge in [0.25, 0.3) is 0 Å². The topological polar surface area (TPSA) is 136 Å². The summed E-state index contributed by atoms with van der Waals surface area (Å²) in [5.74, 6) is 6.04. The van der Waals surface area contributed by atoms with Crippen molar-refractivity contribution in [2.24, 2.45) is 11.6 Å². The molecule has 0 saturated heterocycles. The molecule has 0 bridgehead atoms. The number of amides is 1. The summed E-state index contributed by atoms with van der Waals surface area (Å²) in [5.41, 5.74) is 13.4. The second kappa shape index (κ2) is 5.70. The van der Waals surface area contributed by atoms with Crippen LogP contribution in [0.3, 0.4) is 0 Å². The van der Waals surface area contributed by atoms with Crippen molar-refractivity contribution < 1.29 is 4.79 Å².